The second-order valence-electron chi connectivity index (χ2n) is 11.7. The average Bonchev–Trinajstić information content (AvgIpc) is 3.58. The van der Waals surface area contributed by atoms with E-state index in [-0.39, 0.29) is 26.2 Å². The molecule has 2 aromatic rings. The fourth-order valence-corrected chi connectivity index (χ4v) is 5.70. The minimum absolute atomic E-state index is 0.0411. The maximum Gasteiger partial charge on any atom is 0.246 e. The zero-order chi connectivity index (χ0) is 31.6. The predicted molar refractivity (Wildman–Crippen MR) is 163 cm³/mol. The van der Waals surface area contributed by atoms with Crippen LogP contribution in [0.1, 0.15) is 50.9 Å². The number of ether oxygens (including phenoxy) is 2. The number of likely N-dealkylation sites (tertiary alicyclic amines) is 1. The van der Waals surface area contributed by atoms with Crippen LogP contribution in [0.4, 0.5) is 0 Å². The first-order valence-corrected chi connectivity index (χ1v) is 15.4. The van der Waals surface area contributed by atoms with Crippen molar-refractivity contribution in [3.8, 4) is 10.4 Å². The first-order valence-electron chi connectivity index (χ1n) is 14.5. The number of hydrogen-bond donors (Lipinski definition) is 5. The van der Waals surface area contributed by atoms with Crippen LogP contribution in [0.3, 0.4) is 0 Å². The molecular weight excluding hydrogens is 574 g/mol. The summed E-state index contributed by atoms with van der Waals surface area (Å²) in [6, 6.07) is 4.85. The van der Waals surface area contributed by atoms with E-state index in [1.165, 1.54) is 16.2 Å². The summed E-state index contributed by atoms with van der Waals surface area (Å²) >= 11 is 1.54. The van der Waals surface area contributed by atoms with Crippen molar-refractivity contribution in [1.82, 2.24) is 20.5 Å². The molecule has 0 bridgehead atoms. The Morgan fingerprint density at radius 2 is 1.84 bits per heavy atom. The molecular formula is C30H45N5O7S. The highest BCUT2D eigenvalue weighted by Gasteiger charge is 2.44. The van der Waals surface area contributed by atoms with Gasteiger partial charge < -0.3 is 41.0 Å². The molecule has 3 rings (SSSR count). The summed E-state index contributed by atoms with van der Waals surface area (Å²) in [5.41, 5.74) is 9.08. The van der Waals surface area contributed by atoms with E-state index in [4.69, 9.17) is 15.2 Å². The van der Waals surface area contributed by atoms with Crippen molar-refractivity contribution in [1.29, 1.82) is 0 Å². The standard InChI is InChI=1S/C30H45N5O7S/c1-19-26(43-18-32-19)21-8-6-20(7-9-21)23(16-36)33-28(39)24-14-22(37)15-35(24)29(40)27(30(2,3)4)34-25(38)17-42-12-5-11-41-13-10-31/h6-9,18,22-24,27,36-37H,5,10-17,31H2,1-4H3,(H,33,39)(H,34,38)/t22-,23+,24+,27-/m1/s1. The number of nitrogens with two attached hydrogens (primary N) is 1. The number of aryl methyl sites for hydroxylation is 1. The number of aromatic nitrogens is 1. The minimum atomic E-state index is -0.970. The maximum atomic E-state index is 13.8. The number of carbonyl (C=O) groups excluding carboxylic acids is 3. The highest BCUT2D eigenvalue weighted by Crippen LogP contribution is 2.29. The van der Waals surface area contributed by atoms with Gasteiger partial charge in [0.2, 0.25) is 17.7 Å². The fourth-order valence-electron chi connectivity index (χ4n) is 4.88. The number of aliphatic hydroxyl groups excluding tert-OH is 2. The van der Waals surface area contributed by atoms with Crippen LogP contribution in [-0.2, 0) is 23.9 Å². The molecule has 13 heteroatoms. The van der Waals surface area contributed by atoms with Gasteiger partial charge in [0.05, 0.1) is 41.4 Å². The number of aliphatic hydroxyl groups is 2. The molecule has 43 heavy (non-hydrogen) atoms. The third kappa shape index (κ3) is 9.78. The number of β-amino-alcohol motifs (C(OH)–C–C–N with tert-alkyl or cyclic N) is 1. The monoisotopic (exact) mass is 619 g/mol. The molecule has 3 amide bonds. The second-order valence-corrected chi connectivity index (χ2v) is 12.6. The van der Waals surface area contributed by atoms with Crippen LogP contribution in [0.15, 0.2) is 29.8 Å². The third-order valence-corrected chi connectivity index (χ3v) is 8.15. The van der Waals surface area contributed by atoms with Crippen molar-refractivity contribution in [3.63, 3.8) is 0 Å². The van der Waals surface area contributed by atoms with Crippen molar-refractivity contribution in [2.75, 3.05) is 46.1 Å². The van der Waals surface area contributed by atoms with Gasteiger partial charge in [-0.1, -0.05) is 45.0 Å². The Morgan fingerprint density at radius 1 is 1.14 bits per heavy atom. The second kappa shape index (κ2) is 16.2. The van der Waals surface area contributed by atoms with E-state index in [1.54, 1.807) is 5.51 Å². The molecule has 1 aromatic carbocycles. The molecule has 0 unspecified atom stereocenters. The lowest BCUT2D eigenvalue weighted by molar-refractivity contribution is -0.144. The van der Waals surface area contributed by atoms with Gasteiger partial charge in [0.1, 0.15) is 18.7 Å². The molecule has 238 valence electrons. The number of nitrogens with zero attached hydrogens (tertiary/aromatic N) is 2. The van der Waals surface area contributed by atoms with Crippen molar-refractivity contribution >= 4 is 29.1 Å². The minimum Gasteiger partial charge on any atom is -0.394 e. The molecule has 12 nitrogen and oxygen atoms in total. The quantitative estimate of drug-likeness (QED) is 0.183. The smallest absolute Gasteiger partial charge is 0.246 e. The van der Waals surface area contributed by atoms with Crippen molar-refractivity contribution in [2.24, 2.45) is 11.1 Å². The number of benzene rings is 1. The Balaban J connectivity index is 1.64. The Morgan fingerprint density at radius 3 is 2.44 bits per heavy atom. The molecule has 0 spiro atoms. The van der Waals surface area contributed by atoms with Gasteiger partial charge in [0.15, 0.2) is 0 Å². The molecule has 1 fully saturated rings. The van der Waals surface area contributed by atoms with Crippen LogP contribution < -0.4 is 16.4 Å². The number of carbonyl (C=O) groups is 3. The van der Waals surface area contributed by atoms with Gasteiger partial charge >= 0.3 is 0 Å². The van der Waals surface area contributed by atoms with E-state index >= 15 is 0 Å². The van der Waals surface area contributed by atoms with Gasteiger partial charge in [-0.3, -0.25) is 14.4 Å². The van der Waals surface area contributed by atoms with Crippen LogP contribution in [0.5, 0.6) is 0 Å². The summed E-state index contributed by atoms with van der Waals surface area (Å²) in [6.07, 6.45) is -0.267. The zero-order valence-electron chi connectivity index (χ0n) is 25.4. The first kappa shape index (κ1) is 34.5. The molecule has 1 aliphatic heterocycles. The number of nitrogens with one attached hydrogen (secondary N) is 2. The molecule has 0 saturated carbocycles. The van der Waals surface area contributed by atoms with E-state index < -0.39 is 47.4 Å². The summed E-state index contributed by atoms with van der Waals surface area (Å²) in [6.45, 7) is 8.41. The SMILES string of the molecule is Cc1ncsc1-c1ccc([C@H](CO)NC(=O)[C@@H]2C[C@@H](O)CN2C(=O)[C@@H](NC(=O)COCCCOCCN)C(C)(C)C)cc1. The Bertz CT molecular complexity index is 1200. The molecule has 1 aliphatic rings. The number of rotatable bonds is 15. The van der Waals surface area contributed by atoms with E-state index in [1.807, 2.05) is 52.0 Å². The van der Waals surface area contributed by atoms with E-state index in [0.717, 1.165) is 16.1 Å². The lowest BCUT2D eigenvalue weighted by Crippen LogP contribution is -2.58. The summed E-state index contributed by atoms with van der Waals surface area (Å²) in [5.74, 6) is -1.43. The van der Waals surface area contributed by atoms with Gasteiger partial charge in [-0.25, -0.2) is 4.98 Å². The molecule has 1 aromatic heterocycles. The first-order chi connectivity index (χ1) is 20.5. The highest BCUT2D eigenvalue weighted by atomic mass is 32.1. The van der Waals surface area contributed by atoms with Crippen LogP contribution in [0.25, 0.3) is 10.4 Å². The Labute approximate surface area is 257 Å². The molecule has 0 radical (unpaired) electrons. The van der Waals surface area contributed by atoms with E-state index in [2.05, 4.69) is 15.6 Å². The summed E-state index contributed by atoms with van der Waals surface area (Å²) in [4.78, 5) is 46.5. The van der Waals surface area contributed by atoms with Crippen LogP contribution >= 0.6 is 11.3 Å². The van der Waals surface area contributed by atoms with Gasteiger partial charge in [-0.2, -0.15) is 0 Å². The number of hydrogen-bond acceptors (Lipinski definition) is 10. The lowest BCUT2D eigenvalue weighted by Gasteiger charge is -2.35. The molecule has 4 atom stereocenters. The van der Waals surface area contributed by atoms with Gasteiger partial charge in [-0.05, 0) is 29.9 Å². The normalized spacial score (nSPS) is 18.3. The van der Waals surface area contributed by atoms with Crippen molar-refractivity contribution < 1.29 is 34.1 Å². The van der Waals surface area contributed by atoms with Gasteiger partial charge in [-0.15, -0.1) is 11.3 Å². The fraction of sp³-hybridized carbons (Fsp3) is 0.600. The van der Waals surface area contributed by atoms with Gasteiger partial charge in [0.25, 0.3) is 0 Å². The maximum absolute atomic E-state index is 13.8. The number of thiazole rings is 1. The van der Waals surface area contributed by atoms with E-state index in [0.29, 0.717) is 38.3 Å². The predicted octanol–water partition coefficient (Wildman–Crippen LogP) is 1.14. The highest BCUT2D eigenvalue weighted by molar-refractivity contribution is 7.13. The third-order valence-electron chi connectivity index (χ3n) is 7.18. The van der Waals surface area contributed by atoms with Gasteiger partial charge in [0, 0.05) is 32.7 Å². The Kier molecular flexibility index (Phi) is 13.0. The molecule has 0 aliphatic carbocycles. The molecule has 6 N–H and O–H groups in total. The average molecular weight is 620 g/mol. The summed E-state index contributed by atoms with van der Waals surface area (Å²) in [5, 5.41) is 26.2. The van der Waals surface area contributed by atoms with Crippen LogP contribution in [0.2, 0.25) is 0 Å². The number of amides is 3. The molecule has 1 saturated heterocycles. The van der Waals surface area contributed by atoms with Crippen molar-refractivity contribution in [2.45, 2.75) is 64.8 Å². The summed E-state index contributed by atoms with van der Waals surface area (Å²) < 4.78 is 10.7. The van der Waals surface area contributed by atoms with Crippen LogP contribution in [0, 0.1) is 12.3 Å². The Hall–Kier alpha value is -2.94. The largest absolute Gasteiger partial charge is 0.394 e. The topological polar surface area (TPSA) is 176 Å². The van der Waals surface area contributed by atoms with Crippen molar-refractivity contribution in [3.05, 3.63) is 41.0 Å². The zero-order valence-corrected chi connectivity index (χ0v) is 26.2. The van der Waals surface area contributed by atoms with Crippen LogP contribution in [-0.4, -0.2) is 102 Å². The summed E-state index contributed by atoms with van der Waals surface area (Å²) in [7, 11) is 0. The van der Waals surface area contributed by atoms with E-state index in [9.17, 15) is 24.6 Å². The molecule has 2 heterocycles. The lowest BCUT2D eigenvalue weighted by atomic mass is 9.85.